The van der Waals surface area contributed by atoms with Gasteiger partial charge in [-0.05, 0) is 0 Å². The Balaban J connectivity index is 0.00000329. The fourth-order valence-corrected chi connectivity index (χ4v) is 5.09. The summed E-state index contributed by atoms with van der Waals surface area (Å²) in [5, 5.41) is 0. The van der Waals surface area contributed by atoms with Gasteiger partial charge in [0.25, 0.3) is 0 Å². The summed E-state index contributed by atoms with van der Waals surface area (Å²) < 4.78 is 2.11. The summed E-state index contributed by atoms with van der Waals surface area (Å²) >= 11 is 0. The van der Waals surface area contributed by atoms with E-state index in [1.807, 2.05) is 134 Å². The Kier molecular flexibility index (Phi) is 8.69. The quantitative estimate of drug-likeness (QED) is 0.139. The first-order valence-electron chi connectivity index (χ1n) is 13.8. The SMILES string of the molecule is [Y].[c-]1ccccc1-c1[c-]cc(-c2ccccc2)c(-c2nc(-c3ccccc3)nc(-c3ccccc3)n2)c1-[n+]1ccccc1. The minimum atomic E-state index is 0. The van der Waals surface area contributed by atoms with Gasteiger partial charge >= 0.3 is 0 Å². The molecule has 0 amide bonds. The summed E-state index contributed by atoms with van der Waals surface area (Å²) in [4.78, 5) is 15.2. The fourth-order valence-electron chi connectivity index (χ4n) is 5.09. The number of rotatable bonds is 6. The first-order valence-corrected chi connectivity index (χ1v) is 13.8. The second-order valence-electron chi connectivity index (χ2n) is 9.76. The van der Waals surface area contributed by atoms with Crippen molar-refractivity contribution < 1.29 is 37.3 Å². The standard InChI is InChI=1S/C38H25N4.Y/c1-6-16-28(17-7-1)32-24-25-33(29-18-8-2-9-19-29)35(42-26-14-5-15-27-42)34(32)38-40-36(30-20-10-3-11-21-30)39-37(41-38)31-22-12-4-13-23-31;/h1-18,20-24,26-27H;/q-1;. The molecule has 0 unspecified atom stereocenters. The van der Waals surface area contributed by atoms with E-state index in [-0.39, 0.29) is 32.7 Å². The molecule has 5 aromatic carbocycles. The first kappa shape index (κ1) is 28.5. The molecule has 201 valence electrons. The van der Waals surface area contributed by atoms with E-state index in [1.54, 1.807) is 0 Å². The van der Waals surface area contributed by atoms with Crippen molar-refractivity contribution in [3.63, 3.8) is 0 Å². The smallest absolute Gasteiger partial charge is 0.165 e. The second kappa shape index (κ2) is 13.1. The van der Waals surface area contributed by atoms with Crippen molar-refractivity contribution in [1.29, 1.82) is 0 Å². The number of hydrogen-bond donors (Lipinski definition) is 0. The molecular formula is C38H25N4Y-. The Labute approximate surface area is 276 Å². The molecule has 7 rings (SSSR count). The maximum atomic E-state index is 5.15. The summed E-state index contributed by atoms with van der Waals surface area (Å²) in [6.07, 6.45) is 4.09. The predicted molar refractivity (Wildman–Crippen MR) is 166 cm³/mol. The molecule has 7 aromatic rings. The molecule has 5 heteroatoms. The zero-order chi connectivity index (χ0) is 28.1. The minimum absolute atomic E-state index is 0. The van der Waals surface area contributed by atoms with E-state index in [1.165, 1.54) is 0 Å². The Morgan fingerprint density at radius 1 is 0.488 bits per heavy atom. The van der Waals surface area contributed by atoms with E-state index >= 15 is 0 Å². The summed E-state index contributed by atoms with van der Waals surface area (Å²) in [5.41, 5.74) is 7.53. The average molecular weight is 627 g/mol. The molecule has 1 radical (unpaired) electrons. The fraction of sp³-hybridized carbons (Fsp3) is 0. The molecule has 0 aliphatic heterocycles. The number of nitrogens with zero attached hydrogens (tertiary/aromatic N) is 4. The molecule has 4 nitrogen and oxygen atoms in total. The van der Waals surface area contributed by atoms with E-state index in [9.17, 15) is 0 Å². The molecule has 43 heavy (non-hydrogen) atoms. The molecule has 2 aromatic heterocycles. The van der Waals surface area contributed by atoms with Crippen LogP contribution >= 0.6 is 0 Å². The van der Waals surface area contributed by atoms with Gasteiger partial charge in [-0.15, -0.1) is 12.1 Å². The van der Waals surface area contributed by atoms with Crippen LogP contribution in [-0.4, -0.2) is 15.0 Å². The van der Waals surface area contributed by atoms with E-state index in [0.29, 0.717) is 17.5 Å². The average Bonchev–Trinajstić information content (AvgIpc) is 3.09. The number of hydrogen-bond acceptors (Lipinski definition) is 3. The van der Waals surface area contributed by atoms with Crippen molar-refractivity contribution in [2.24, 2.45) is 0 Å². The van der Waals surface area contributed by atoms with Crippen molar-refractivity contribution in [2.45, 2.75) is 0 Å². The Bertz CT molecular complexity index is 1890. The van der Waals surface area contributed by atoms with Gasteiger partial charge < -0.3 is 0 Å². The number of aromatic nitrogens is 4. The molecule has 0 saturated heterocycles. The van der Waals surface area contributed by atoms with Crippen LogP contribution in [0.3, 0.4) is 0 Å². The van der Waals surface area contributed by atoms with Gasteiger partial charge in [-0.2, -0.15) is 35.9 Å². The normalized spacial score (nSPS) is 10.6. The molecule has 0 saturated carbocycles. The van der Waals surface area contributed by atoms with Gasteiger partial charge in [-0.1, -0.05) is 108 Å². The Morgan fingerprint density at radius 3 is 1.56 bits per heavy atom. The van der Waals surface area contributed by atoms with Crippen LogP contribution in [0.5, 0.6) is 0 Å². The summed E-state index contributed by atoms with van der Waals surface area (Å²) in [5.74, 6) is 1.81. The zero-order valence-electron chi connectivity index (χ0n) is 23.3. The van der Waals surface area contributed by atoms with Crippen LogP contribution < -0.4 is 4.57 Å². The van der Waals surface area contributed by atoms with Crippen molar-refractivity contribution in [1.82, 2.24) is 15.0 Å². The van der Waals surface area contributed by atoms with Crippen LogP contribution in [0.4, 0.5) is 0 Å². The predicted octanol–water partition coefficient (Wildman–Crippen LogP) is 8.08. The second-order valence-corrected chi connectivity index (χ2v) is 9.76. The third kappa shape index (κ3) is 5.98. The van der Waals surface area contributed by atoms with Gasteiger partial charge in [-0.3, -0.25) is 0 Å². The number of benzene rings is 5. The maximum Gasteiger partial charge on any atom is 0.165 e. The summed E-state index contributed by atoms with van der Waals surface area (Å²) in [6, 6.07) is 53.6. The molecule has 0 bridgehead atoms. The third-order valence-electron chi connectivity index (χ3n) is 7.06. The van der Waals surface area contributed by atoms with Crippen LogP contribution in [0.15, 0.2) is 152 Å². The van der Waals surface area contributed by atoms with Crippen LogP contribution in [0, 0.1) is 12.1 Å². The van der Waals surface area contributed by atoms with Gasteiger partial charge in [0.2, 0.25) is 0 Å². The van der Waals surface area contributed by atoms with Gasteiger partial charge in [0.15, 0.2) is 29.9 Å². The topological polar surface area (TPSA) is 42.6 Å². The zero-order valence-corrected chi connectivity index (χ0v) is 26.1. The van der Waals surface area contributed by atoms with Gasteiger partial charge in [-0.25, -0.2) is 25.1 Å². The van der Waals surface area contributed by atoms with Gasteiger partial charge in [0, 0.05) is 61.5 Å². The molecule has 0 aliphatic rings. The van der Waals surface area contributed by atoms with Gasteiger partial charge in [0.05, 0.1) is 0 Å². The van der Waals surface area contributed by atoms with Crippen molar-refractivity contribution in [2.75, 3.05) is 0 Å². The molecular weight excluding hydrogens is 601 g/mol. The van der Waals surface area contributed by atoms with Crippen LogP contribution in [0.25, 0.3) is 62.1 Å². The molecule has 0 N–H and O–H groups in total. The summed E-state index contributed by atoms with van der Waals surface area (Å²) in [7, 11) is 0. The van der Waals surface area contributed by atoms with E-state index in [4.69, 9.17) is 15.0 Å². The van der Waals surface area contributed by atoms with Crippen molar-refractivity contribution in [3.8, 4) is 62.1 Å². The minimum Gasteiger partial charge on any atom is -0.220 e. The summed E-state index contributed by atoms with van der Waals surface area (Å²) in [6.45, 7) is 0. The molecule has 0 spiro atoms. The van der Waals surface area contributed by atoms with Gasteiger partial charge in [0.1, 0.15) is 5.69 Å². The van der Waals surface area contributed by atoms with E-state index in [2.05, 4.69) is 34.9 Å². The monoisotopic (exact) mass is 626 g/mol. The molecule has 0 aliphatic carbocycles. The third-order valence-corrected chi connectivity index (χ3v) is 7.06. The van der Waals surface area contributed by atoms with Crippen LogP contribution in [-0.2, 0) is 32.7 Å². The largest absolute Gasteiger partial charge is 0.220 e. The Hall–Kier alpha value is -4.64. The maximum absolute atomic E-state index is 5.15. The first-order chi connectivity index (χ1) is 20.8. The molecule has 0 fully saturated rings. The van der Waals surface area contributed by atoms with Crippen LogP contribution in [0.2, 0.25) is 0 Å². The molecule has 2 heterocycles. The van der Waals surface area contributed by atoms with E-state index in [0.717, 1.165) is 44.6 Å². The van der Waals surface area contributed by atoms with E-state index < -0.39 is 0 Å². The van der Waals surface area contributed by atoms with Crippen molar-refractivity contribution >= 4 is 0 Å². The number of pyridine rings is 1. The Morgan fingerprint density at radius 2 is 1.00 bits per heavy atom. The molecule has 0 atom stereocenters. The van der Waals surface area contributed by atoms with Crippen molar-refractivity contribution in [3.05, 3.63) is 164 Å². The van der Waals surface area contributed by atoms with Crippen LogP contribution in [0.1, 0.15) is 0 Å².